The maximum absolute atomic E-state index is 12.3. The molecule has 3 rings (SSSR count). The molecule has 1 aromatic carbocycles. The SMILES string of the molecule is CC1CCC(NC(=O)c2ccc(OC[C@@H]3CCCO3)cc2)CC1. The van der Waals surface area contributed by atoms with E-state index in [2.05, 4.69) is 12.2 Å². The van der Waals surface area contributed by atoms with Crippen molar-refractivity contribution < 1.29 is 14.3 Å². The zero-order valence-corrected chi connectivity index (χ0v) is 13.9. The van der Waals surface area contributed by atoms with Crippen LogP contribution in [0.25, 0.3) is 0 Å². The van der Waals surface area contributed by atoms with E-state index in [0.717, 1.165) is 44.0 Å². The minimum Gasteiger partial charge on any atom is -0.491 e. The number of ether oxygens (including phenoxy) is 2. The van der Waals surface area contributed by atoms with E-state index in [1.807, 2.05) is 24.3 Å². The minimum absolute atomic E-state index is 0.0234. The summed E-state index contributed by atoms with van der Waals surface area (Å²) >= 11 is 0. The minimum atomic E-state index is 0.0234. The molecule has 1 saturated carbocycles. The molecule has 0 unspecified atom stereocenters. The van der Waals surface area contributed by atoms with Gasteiger partial charge >= 0.3 is 0 Å². The molecule has 23 heavy (non-hydrogen) atoms. The van der Waals surface area contributed by atoms with E-state index < -0.39 is 0 Å². The van der Waals surface area contributed by atoms with Gasteiger partial charge in [-0.3, -0.25) is 4.79 Å². The predicted molar refractivity (Wildman–Crippen MR) is 89.8 cm³/mol. The fraction of sp³-hybridized carbons (Fsp3) is 0.632. The van der Waals surface area contributed by atoms with E-state index in [4.69, 9.17) is 9.47 Å². The van der Waals surface area contributed by atoms with E-state index >= 15 is 0 Å². The molecule has 2 aliphatic rings. The van der Waals surface area contributed by atoms with Crippen LogP contribution < -0.4 is 10.1 Å². The molecule has 1 N–H and O–H groups in total. The monoisotopic (exact) mass is 317 g/mol. The highest BCUT2D eigenvalue weighted by atomic mass is 16.5. The van der Waals surface area contributed by atoms with Gasteiger partial charge in [0, 0.05) is 18.2 Å². The number of hydrogen-bond acceptors (Lipinski definition) is 3. The van der Waals surface area contributed by atoms with Gasteiger partial charge in [0.1, 0.15) is 12.4 Å². The lowest BCUT2D eigenvalue weighted by Gasteiger charge is -2.26. The van der Waals surface area contributed by atoms with Gasteiger partial charge in [0.2, 0.25) is 0 Å². The standard InChI is InChI=1S/C19H27NO3/c1-14-4-8-16(9-5-14)20-19(21)15-6-10-17(11-7-15)23-13-18-3-2-12-22-18/h6-7,10-11,14,16,18H,2-5,8-9,12-13H2,1H3,(H,20,21)/t14?,16?,18-/m0/s1. The summed E-state index contributed by atoms with van der Waals surface area (Å²) in [5, 5.41) is 3.15. The summed E-state index contributed by atoms with van der Waals surface area (Å²) in [6.07, 6.45) is 7.01. The van der Waals surface area contributed by atoms with Crippen LogP contribution >= 0.6 is 0 Å². The van der Waals surface area contributed by atoms with Crippen LogP contribution in [-0.4, -0.2) is 31.3 Å². The molecule has 0 aromatic heterocycles. The average Bonchev–Trinajstić information content (AvgIpc) is 3.09. The van der Waals surface area contributed by atoms with Crippen molar-refractivity contribution in [2.75, 3.05) is 13.2 Å². The third-order valence-electron chi connectivity index (χ3n) is 4.93. The van der Waals surface area contributed by atoms with E-state index in [-0.39, 0.29) is 12.0 Å². The van der Waals surface area contributed by atoms with Gasteiger partial charge in [-0.1, -0.05) is 6.92 Å². The summed E-state index contributed by atoms with van der Waals surface area (Å²) in [5.74, 6) is 1.61. The van der Waals surface area contributed by atoms with Crippen LogP contribution in [0.3, 0.4) is 0 Å². The van der Waals surface area contributed by atoms with Crippen LogP contribution in [0.4, 0.5) is 0 Å². The Bertz CT molecular complexity index is 500. The Morgan fingerprint density at radius 2 is 1.91 bits per heavy atom. The van der Waals surface area contributed by atoms with E-state index in [1.54, 1.807) is 0 Å². The van der Waals surface area contributed by atoms with Gasteiger partial charge in [-0.25, -0.2) is 0 Å². The second-order valence-electron chi connectivity index (χ2n) is 6.90. The van der Waals surface area contributed by atoms with Crippen LogP contribution in [0.5, 0.6) is 5.75 Å². The lowest BCUT2D eigenvalue weighted by molar-refractivity contribution is 0.0679. The number of nitrogens with one attached hydrogen (secondary N) is 1. The van der Waals surface area contributed by atoms with E-state index in [9.17, 15) is 4.79 Å². The molecule has 1 saturated heterocycles. The molecule has 0 spiro atoms. The van der Waals surface area contributed by atoms with Crippen molar-refractivity contribution in [3.05, 3.63) is 29.8 Å². The van der Waals surface area contributed by atoms with Gasteiger partial charge < -0.3 is 14.8 Å². The molecule has 1 aromatic rings. The zero-order valence-electron chi connectivity index (χ0n) is 13.9. The fourth-order valence-electron chi connectivity index (χ4n) is 3.34. The highest BCUT2D eigenvalue weighted by molar-refractivity contribution is 5.94. The second-order valence-corrected chi connectivity index (χ2v) is 6.90. The Balaban J connectivity index is 1.47. The van der Waals surface area contributed by atoms with Crippen molar-refractivity contribution in [3.8, 4) is 5.75 Å². The molecule has 126 valence electrons. The molecular formula is C19H27NO3. The van der Waals surface area contributed by atoms with E-state index in [0.29, 0.717) is 18.2 Å². The molecule has 4 heteroatoms. The predicted octanol–water partition coefficient (Wildman–Crippen LogP) is 3.55. The number of amides is 1. The Morgan fingerprint density at radius 1 is 1.17 bits per heavy atom. The first-order valence-corrected chi connectivity index (χ1v) is 8.86. The van der Waals surface area contributed by atoms with Crippen LogP contribution in [0, 0.1) is 5.92 Å². The number of benzene rings is 1. The molecule has 4 nitrogen and oxygen atoms in total. The quantitative estimate of drug-likeness (QED) is 0.903. The Morgan fingerprint density at radius 3 is 2.57 bits per heavy atom. The normalized spacial score (nSPS) is 27.6. The summed E-state index contributed by atoms with van der Waals surface area (Å²) in [6.45, 7) is 3.71. The Labute approximate surface area is 138 Å². The van der Waals surface area contributed by atoms with Gasteiger partial charge in [-0.15, -0.1) is 0 Å². The highest BCUT2D eigenvalue weighted by Crippen LogP contribution is 2.24. The molecule has 0 radical (unpaired) electrons. The average molecular weight is 317 g/mol. The number of hydrogen-bond donors (Lipinski definition) is 1. The van der Waals surface area contributed by atoms with Crippen LogP contribution in [0.1, 0.15) is 55.8 Å². The summed E-state index contributed by atoms with van der Waals surface area (Å²) in [5.41, 5.74) is 0.702. The summed E-state index contributed by atoms with van der Waals surface area (Å²) in [6, 6.07) is 7.74. The Kier molecular flexibility index (Phi) is 5.55. The lowest BCUT2D eigenvalue weighted by Crippen LogP contribution is -2.37. The van der Waals surface area contributed by atoms with Crippen LogP contribution in [0.2, 0.25) is 0 Å². The molecular weight excluding hydrogens is 290 g/mol. The molecule has 1 amide bonds. The second kappa shape index (κ2) is 7.82. The van der Waals surface area contributed by atoms with E-state index in [1.165, 1.54) is 12.8 Å². The maximum Gasteiger partial charge on any atom is 0.251 e. The smallest absolute Gasteiger partial charge is 0.251 e. The maximum atomic E-state index is 12.3. The van der Waals surface area contributed by atoms with Crippen molar-refractivity contribution >= 4 is 5.91 Å². The first-order valence-electron chi connectivity index (χ1n) is 8.86. The van der Waals surface area contributed by atoms with Crippen molar-refractivity contribution in [3.63, 3.8) is 0 Å². The summed E-state index contributed by atoms with van der Waals surface area (Å²) in [4.78, 5) is 12.3. The number of rotatable bonds is 5. The third-order valence-corrected chi connectivity index (χ3v) is 4.93. The zero-order chi connectivity index (χ0) is 16.1. The molecule has 1 aliphatic heterocycles. The lowest BCUT2D eigenvalue weighted by atomic mass is 9.87. The van der Waals surface area contributed by atoms with Crippen LogP contribution in [-0.2, 0) is 4.74 Å². The molecule has 0 bridgehead atoms. The van der Waals surface area contributed by atoms with Gasteiger partial charge in [-0.05, 0) is 68.7 Å². The fourth-order valence-corrected chi connectivity index (χ4v) is 3.34. The van der Waals surface area contributed by atoms with Crippen molar-refractivity contribution in [2.24, 2.45) is 5.92 Å². The van der Waals surface area contributed by atoms with Gasteiger partial charge in [0.05, 0.1) is 6.10 Å². The molecule has 1 atom stereocenters. The molecule has 1 aliphatic carbocycles. The summed E-state index contributed by atoms with van der Waals surface area (Å²) < 4.78 is 11.3. The first-order chi connectivity index (χ1) is 11.2. The molecule has 2 fully saturated rings. The Hall–Kier alpha value is -1.55. The third kappa shape index (κ3) is 4.71. The molecule has 1 heterocycles. The van der Waals surface area contributed by atoms with Crippen LogP contribution in [0.15, 0.2) is 24.3 Å². The topological polar surface area (TPSA) is 47.6 Å². The highest BCUT2D eigenvalue weighted by Gasteiger charge is 2.20. The van der Waals surface area contributed by atoms with Gasteiger partial charge in [-0.2, -0.15) is 0 Å². The number of carbonyl (C=O) groups excluding carboxylic acids is 1. The summed E-state index contributed by atoms with van der Waals surface area (Å²) in [7, 11) is 0. The number of carbonyl (C=O) groups is 1. The van der Waals surface area contributed by atoms with Crippen molar-refractivity contribution in [2.45, 2.75) is 57.6 Å². The first kappa shape index (κ1) is 16.3. The van der Waals surface area contributed by atoms with Gasteiger partial charge in [0.25, 0.3) is 5.91 Å². The van der Waals surface area contributed by atoms with Crippen molar-refractivity contribution in [1.29, 1.82) is 0 Å². The van der Waals surface area contributed by atoms with Crippen molar-refractivity contribution in [1.82, 2.24) is 5.32 Å². The largest absolute Gasteiger partial charge is 0.491 e. The van der Waals surface area contributed by atoms with Gasteiger partial charge in [0.15, 0.2) is 0 Å².